The van der Waals surface area contributed by atoms with E-state index in [4.69, 9.17) is 5.26 Å². The van der Waals surface area contributed by atoms with E-state index in [9.17, 15) is 4.79 Å². The molecule has 0 N–H and O–H groups in total. The molecular weight excluding hydrogens is 310 g/mol. The average Bonchev–Trinajstić information content (AvgIpc) is 2.82. The van der Waals surface area contributed by atoms with Crippen LogP contribution >= 0.6 is 27.3 Å². The van der Waals surface area contributed by atoms with Gasteiger partial charge in [-0.15, -0.1) is 11.3 Å². The average molecular weight is 318 g/mol. The number of nitriles is 1. The highest BCUT2D eigenvalue weighted by molar-refractivity contribution is 9.11. The van der Waals surface area contributed by atoms with Crippen molar-refractivity contribution in [3.63, 3.8) is 0 Å². The molecule has 0 unspecified atom stereocenters. The minimum atomic E-state index is -0.248. The quantitative estimate of drug-likeness (QED) is 0.481. The van der Waals surface area contributed by atoms with E-state index in [1.54, 1.807) is 30.3 Å². The van der Waals surface area contributed by atoms with Gasteiger partial charge < -0.3 is 0 Å². The number of thiophene rings is 1. The van der Waals surface area contributed by atoms with Gasteiger partial charge in [-0.05, 0) is 34.1 Å². The van der Waals surface area contributed by atoms with Crippen molar-refractivity contribution < 1.29 is 4.79 Å². The number of allylic oxidation sites excluding steroid dienone is 1. The maximum atomic E-state index is 12.1. The van der Waals surface area contributed by atoms with Crippen LogP contribution in [-0.2, 0) is 0 Å². The molecule has 88 valence electrons. The summed E-state index contributed by atoms with van der Waals surface area (Å²) in [6.45, 7) is 0. The van der Waals surface area contributed by atoms with Crippen molar-refractivity contribution >= 4 is 39.1 Å². The number of hydrogen-bond donors (Lipinski definition) is 0. The number of halogens is 1. The molecule has 4 heteroatoms. The van der Waals surface area contributed by atoms with Gasteiger partial charge in [-0.1, -0.05) is 30.3 Å². The maximum absolute atomic E-state index is 12.1. The van der Waals surface area contributed by atoms with Gasteiger partial charge in [0, 0.05) is 10.4 Å². The zero-order chi connectivity index (χ0) is 13.0. The molecule has 2 nitrogen and oxygen atoms in total. The van der Waals surface area contributed by atoms with E-state index in [0.717, 1.165) is 8.66 Å². The molecule has 0 saturated carbocycles. The van der Waals surface area contributed by atoms with Crippen LogP contribution in [0.3, 0.4) is 0 Å². The lowest BCUT2D eigenvalue weighted by Gasteiger charge is -1.97. The first-order valence-corrected chi connectivity index (χ1v) is 6.78. The summed E-state index contributed by atoms with van der Waals surface area (Å²) in [7, 11) is 0. The van der Waals surface area contributed by atoms with E-state index in [0.29, 0.717) is 5.56 Å². The van der Waals surface area contributed by atoms with Gasteiger partial charge >= 0.3 is 0 Å². The van der Waals surface area contributed by atoms with Crippen LogP contribution in [0.2, 0.25) is 0 Å². The predicted octanol–water partition coefficient (Wildman–Crippen LogP) is 4.30. The maximum Gasteiger partial charge on any atom is 0.203 e. The predicted molar refractivity (Wildman–Crippen MR) is 76.4 cm³/mol. The summed E-state index contributed by atoms with van der Waals surface area (Å²) in [5, 5.41) is 9.08. The lowest BCUT2D eigenvalue weighted by Crippen LogP contribution is -2.01. The summed E-state index contributed by atoms with van der Waals surface area (Å²) >= 11 is 4.83. The zero-order valence-electron chi connectivity index (χ0n) is 9.26. The number of hydrogen-bond acceptors (Lipinski definition) is 3. The van der Waals surface area contributed by atoms with Crippen LogP contribution < -0.4 is 0 Å². The fourth-order valence-corrected chi connectivity index (χ4v) is 2.81. The third-order valence-corrected chi connectivity index (χ3v) is 3.85. The molecule has 0 radical (unpaired) electrons. The number of carbonyl (C=O) groups is 1. The fraction of sp³-hybridized carbons (Fsp3) is 0. The summed E-state index contributed by atoms with van der Waals surface area (Å²) < 4.78 is 0.971. The van der Waals surface area contributed by atoms with Crippen molar-refractivity contribution in [2.45, 2.75) is 0 Å². The highest BCUT2D eigenvalue weighted by Crippen LogP contribution is 2.24. The second-order valence-corrected chi connectivity index (χ2v) is 6.00. The molecule has 0 bridgehead atoms. The van der Waals surface area contributed by atoms with Crippen LogP contribution in [0.1, 0.15) is 15.2 Å². The number of nitrogens with zero attached hydrogens (tertiary/aromatic N) is 1. The number of ketones is 1. The first-order valence-electron chi connectivity index (χ1n) is 5.17. The molecule has 0 aliphatic carbocycles. The molecule has 2 rings (SSSR count). The Bertz CT molecular complexity index is 637. The Balaban J connectivity index is 2.33. The van der Waals surface area contributed by atoms with E-state index >= 15 is 0 Å². The Hall–Kier alpha value is -1.70. The van der Waals surface area contributed by atoms with E-state index < -0.39 is 0 Å². The molecule has 2 aromatic rings. The Morgan fingerprint density at radius 1 is 1.22 bits per heavy atom. The van der Waals surface area contributed by atoms with Crippen molar-refractivity contribution in [3.05, 3.63) is 62.3 Å². The van der Waals surface area contributed by atoms with Gasteiger partial charge in [-0.2, -0.15) is 5.26 Å². The minimum Gasteiger partial charge on any atom is -0.288 e. The van der Waals surface area contributed by atoms with E-state index in [1.165, 1.54) is 11.3 Å². The molecule has 0 fully saturated rings. The molecule has 0 amide bonds. The molecule has 0 spiro atoms. The van der Waals surface area contributed by atoms with Gasteiger partial charge in [0.1, 0.15) is 11.6 Å². The van der Waals surface area contributed by atoms with E-state index in [2.05, 4.69) is 15.9 Å². The Morgan fingerprint density at radius 3 is 2.50 bits per heavy atom. The summed E-state index contributed by atoms with van der Waals surface area (Å²) in [5.41, 5.74) is 0.677. The van der Waals surface area contributed by atoms with Crippen molar-refractivity contribution in [1.29, 1.82) is 5.26 Å². The number of carbonyl (C=O) groups excluding carboxylic acids is 1. The van der Waals surface area contributed by atoms with Crippen LogP contribution in [0.25, 0.3) is 6.08 Å². The molecule has 0 aliphatic rings. The lowest BCUT2D eigenvalue weighted by atomic mass is 10.0. The summed E-state index contributed by atoms with van der Waals surface area (Å²) in [4.78, 5) is 13.0. The molecule has 0 saturated heterocycles. The molecule has 18 heavy (non-hydrogen) atoms. The van der Waals surface area contributed by atoms with Crippen molar-refractivity contribution in [3.8, 4) is 6.07 Å². The number of Topliss-reactive ketones (excluding diaryl/α,β-unsaturated/α-hetero) is 1. The highest BCUT2D eigenvalue weighted by atomic mass is 79.9. The normalized spacial score (nSPS) is 11.0. The topological polar surface area (TPSA) is 40.9 Å². The van der Waals surface area contributed by atoms with Crippen molar-refractivity contribution in [2.24, 2.45) is 0 Å². The minimum absolute atomic E-state index is 0.149. The standard InChI is InChI=1S/C14H8BrNOS/c15-13-7-6-12(18-13)8-11(9-16)14(17)10-4-2-1-3-5-10/h1-8H/b11-8-. The van der Waals surface area contributed by atoms with Gasteiger partial charge in [-0.3, -0.25) is 4.79 Å². The van der Waals surface area contributed by atoms with Crippen LogP contribution in [0.4, 0.5) is 0 Å². The molecular formula is C14H8BrNOS. The zero-order valence-corrected chi connectivity index (χ0v) is 11.7. The van der Waals surface area contributed by atoms with Crippen LogP contribution in [0.5, 0.6) is 0 Å². The van der Waals surface area contributed by atoms with Crippen molar-refractivity contribution in [1.82, 2.24) is 0 Å². The molecule has 1 aromatic heterocycles. The third-order valence-electron chi connectivity index (χ3n) is 2.28. The van der Waals surface area contributed by atoms with Gasteiger partial charge in [0.25, 0.3) is 0 Å². The van der Waals surface area contributed by atoms with E-state index in [-0.39, 0.29) is 11.4 Å². The van der Waals surface area contributed by atoms with Crippen molar-refractivity contribution in [2.75, 3.05) is 0 Å². The van der Waals surface area contributed by atoms with Crippen LogP contribution in [0, 0.1) is 11.3 Å². The summed E-state index contributed by atoms with van der Waals surface area (Å²) in [6.07, 6.45) is 1.62. The van der Waals surface area contributed by atoms with Gasteiger partial charge in [0.15, 0.2) is 0 Å². The number of rotatable bonds is 3. The lowest BCUT2D eigenvalue weighted by molar-refractivity contribution is 0.104. The van der Waals surface area contributed by atoms with E-state index in [1.807, 2.05) is 24.3 Å². The smallest absolute Gasteiger partial charge is 0.203 e. The molecule has 1 heterocycles. The first kappa shape index (κ1) is 12.7. The molecule has 0 atom stereocenters. The van der Waals surface area contributed by atoms with Gasteiger partial charge in [0.05, 0.1) is 3.79 Å². The van der Waals surface area contributed by atoms with Crippen LogP contribution in [-0.4, -0.2) is 5.78 Å². The third kappa shape index (κ3) is 2.95. The monoisotopic (exact) mass is 317 g/mol. The molecule has 1 aromatic carbocycles. The van der Waals surface area contributed by atoms with Gasteiger partial charge in [0.2, 0.25) is 5.78 Å². The number of benzene rings is 1. The Kier molecular flexibility index (Phi) is 4.08. The Labute approximate surface area is 117 Å². The summed E-state index contributed by atoms with van der Waals surface area (Å²) in [6, 6.07) is 14.5. The van der Waals surface area contributed by atoms with Crippen LogP contribution in [0.15, 0.2) is 51.8 Å². The molecule has 0 aliphatic heterocycles. The van der Waals surface area contributed by atoms with Gasteiger partial charge in [-0.25, -0.2) is 0 Å². The fourth-order valence-electron chi connectivity index (χ4n) is 1.44. The SMILES string of the molecule is N#C/C(=C/c1ccc(Br)s1)C(=O)c1ccccc1. The highest BCUT2D eigenvalue weighted by Gasteiger charge is 2.11. The second kappa shape index (κ2) is 5.76. The first-order chi connectivity index (χ1) is 8.70. The second-order valence-electron chi connectivity index (χ2n) is 3.51. The largest absolute Gasteiger partial charge is 0.288 e. The Morgan fingerprint density at radius 2 is 1.94 bits per heavy atom. The summed E-state index contributed by atoms with van der Waals surface area (Å²) in [5.74, 6) is -0.248.